The number of hydrogen-bond acceptors (Lipinski definition) is 3. The van der Waals surface area contributed by atoms with E-state index in [0.29, 0.717) is 16.0 Å². The van der Waals surface area contributed by atoms with Crippen LogP contribution in [0.2, 0.25) is 5.02 Å². The van der Waals surface area contributed by atoms with Gasteiger partial charge < -0.3 is 9.52 Å². The van der Waals surface area contributed by atoms with Gasteiger partial charge in [0.2, 0.25) is 0 Å². The van der Waals surface area contributed by atoms with Crippen molar-refractivity contribution in [3.63, 3.8) is 0 Å². The SMILES string of the molecule is O=c1oc2c(Cl)cccc2c(O)c1-c1ccccc1. The molecule has 19 heavy (non-hydrogen) atoms. The third kappa shape index (κ3) is 1.88. The van der Waals surface area contributed by atoms with Crippen molar-refractivity contribution in [2.45, 2.75) is 0 Å². The summed E-state index contributed by atoms with van der Waals surface area (Å²) in [6, 6.07) is 13.8. The number of para-hydroxylation sites is 1. The molecule has 4 heteroatoms. The van der Waals surface area contributed by atoms with Gasteiger partial charge in [0.25, 0.3) is 0 Å². The average Bonchev–Trinajstić information content (AvgIpc) is 2.41. The van der Waals surface area contributed by atoms with Crippen LogP contribution in [0.3, 0.4) is 0 Å². The molecule has 3 rings (SSSR count). The van der Waals surface area contributed by atoms with Crippen molar-refractivity contribution < 1.29 is 9.52 Å². The van der Waals surface area contributed by atoms with Gasteiger partial charge in [0, 0.05) is 0 Å². The quantitative estimate of drug-likeness (QED) is 0.685. The first-order valence-electron chi connectivity index (χ1n) is 5.68. The highest BCUT2D eigenvalue weighted by atomic mass is 35.5. The predicted octanol–water partition coefficient (Wildman–Crippen LogP) is 3.82. The lowest BCUT2D eigenvalue weighted by molar-refractivity contribution is 0.471. The van der Waals surface area contributed by atoms with E-state index in [0.717, 1.165) is 0 Å². The minimum Gasteiger partial charge on any atom is -0.506 e. The zero-order chi connectivity index (χ0) is 13.4. The molecule has 0 bridgehead atoms. The van der Waals surface area contributed by atoms with Crippen LogP contribution in [0.25, 0.3) is 22.1 Å². The second-order valence-corrected chi connectivity index (χ2v) is 4.50. The van der Waals surface area contributed by atoms with Crippen molar-refractivity contribution >= 4 is 22.6 Å². The molecule has 0 radical (unpaired) electrons. The van der Waals surface area contributed by atoms with E-state index >= 15 is 0 Å². The number of benzene rings is 2. The van der Waals surface area contributed by atoms with E-state index in [9.17, 15) is 9.90 Å². The van der Waals surface area contributed by atoms with Crippen molar-refractivity contribution in [2.75, 3.05) is 0 Å². The zero-order valence-electron chi connectivity index (χ0n) is 9.76. The first-order chi connectivity index (χ1) is 9.18. The fourth-order valence-electron chi connectivity index (χ4n) is 2.03. The molecule has 1 N–H and O–H groups in total. The largest absolute Gasteiger partial charge is 0.506 e. The van der Waals surface area contributed by atoms with Crippen LogP contribution < -0.4 is 5.63 Å². The highest BCUT2D eigenvalue weighted by molar-refractivity contribution is 6.35. The summed E-state index contributed by atoms with van der Waals surface area (Å²) in [5, 5.41) is 11.0. The predicted molar refractivity (Wildman–Crippen MR) is 74.6 cm³/mol. The van der Waals surface area contributed by atoms with Crippen molar-refractivity contribution in [2.24, 2.45) is 0 Å². The van der Waals surface area contributed by atoms with Crippen LogP contribution in [0, 0.1) is 0 Å². The van der Waals surface area contributed by atoms with Crippen molar-refractivity contribution in [3.05, 3.63) is 64.0 Å². The summed E-state index contributed by atoms with van der Waals surface area (Å²) in [5.74, 6) is -0.111. The maximum Gasteiger partial charge on any atom is 0.348 e. The Hall–Kier alpha value is -2.26. The standard InChI is InChI=1S/C15H9ClO3/c16-11-8-4-7-10-13(17)12(15(18)19-14(10)11)9-5-2-1-3-6-9/h1-8,17H. The zero-order valence-corrected chi connectivity index (χ0v) is 10.5. The summed E-state index contributed by atoms with van der Waals surface area (Å²) in [7, 11) is 0. The third-order valence-electron chi connectivity index (χ3n) is 2.92. The molecule has 2 aromatic carbocycles. The van der Waals surface area contributed by atoms with E-state index in [1.165, 1.54) is 0 Å². The molecule has 1 heterocycles. The van der Waals surface area contributed by atoms with Gasteiger partial charge >= 0.3 is 5.63 Å². The normalized spacial score (nSPS) is 10.8. The highest BCUT2D eigenvalue weighted by Gasteiger charge is 2.16. The molecule has 0 saturated carbocycles. The molecule has 94 valence electrons. The van der Waals surface area contributed by atoms with Gasteiger partial charge in [-0.2, -0.15) is 0 Å². The van der Waals surface area contributed by atoms with Gasteiger partial charge in [-0.3, -0.25) is 0 Å². The van der Waals surface area contributed by atoms with Gasteiger partial charge in [-0.15, -0.1) is 0 Å². The Morgan fingerprint density at radius 3 is 2.47 bits per heavy atom. The van der Waals surface area contributed by atoms with Crippen LogP contribution in [-0.2, 0) is 0 Å². The Bertz CT molecular complexity index is 807. The lowest BCUT2D eigenvalue weighted by Gasteiger charge is -2.07. The van der Waals surface area contributed by atoms with Gasteiger partial charge in [0.05, 0.1) is 10.4 Å². The minimum atomic E-state index is -0.607. The first-order valence-corrected chi connectivity index (χ1v) is 6.06. The van der Waals surface area contributed by atoms with Gasteiger partial charge in [0.15, 0.2) is 5.58 Å². The molecule has 0 amide bonds. The van der Waals surface area contributed by atoms with E-state index in [4.69, 9.17) is 16.0 Å². The van der Waals surface area contributed by atoms with E-state index in [-0.39, 0.29) is 16.9 Å². The topological polar surface area (TPSA) is 50.4 Å². The van der Waals surface area contributed by atoms with Crippen molar-refractivity contribution in [3.8, 4) is 16.9 Å². The van der Waals surface area contributed by atoms with Gasteiger partial charge in [-0.05, 0) is 17.7 Å². The second-order valence-electron chi connectivity index (χ2n) is 4.10. The summed E-state index contributed by atoms with van der Waals surface area (Å²) in [6.07, 6.45) is 0. The molecule has 0 fully saturated rings. The molecule has 0 unspecified atom stereocenters. The Balaban J connectivity index is 2.43. The summed E-state index contributed by atoms with van der Waals surface area (Å²) >= 11 is 5.96. The second kappa shape index (κ2) is 4.44. The smallest absolute Gasteiger partial charge is 0.348 e. The van der Waals surface area contributed by atoms with E-state index in [2.05, 4.69) is 0 Å². The molecule has 0 aliphatic rings. The Kier molecular flexibility index (Phi) is 2.76. The molecule has 0 saturated heterocycles. The van der Waals surface area contributed by atoms with E-state index in [1.807, 2.05) is 6.07 Å². The van der Waals surface area contributed by atoms with Gasteiger partial charge in [-0.25, -0.2) is 4.79 Å². The molecule has 3 aromatic rings. The van der Waals surface area contributed by atoms with Crippen LogP contribution in [0.1, 0.15) is 0 Å². The van der Waals surface area contributed by atoms with E-state index < -0.39 is 5.63 Å². The molecule has 1 aromatic heterocycles. The summed E-state index contributed by atoms with van der Waals surface area (Å²) in [5.41, 5.74) is 0.349. The molecule has 0 spiro atoms. The first kappa shape index (κ1) is 11.8. The summed E-state index contributed by atoms with van der Waals surface area (Å²) in [4.78, 5) is 12.0. The Morgan fingerprint density at radius 1 is 1.00 bits per heavy atom. The average molecular weight is 273 g/mol. The highest BCUT2D eigenvalue weighted by Crippen LogP contribution is 2.35. The number of hydrogen-bond donors (Lipinski definition) is 1. The molecule has 0 atom stereocenters. The number of rotatable bonds is 1. The van der Waals surface area contributed by atoms with E-state index in [1.54, 1.807) is 42.5 Å². The van der Waals surface area contributed by atoms with Crippen LogP contribution in [0.4, 0.5) is 0 Å². The number of aromatic hydroxyl groups is 1. The molecule has 0 aliphatic carbocycles. The van der Waals surface area contributed by atoms with Crippen LogP contribution in [0.5, 0.6) is 5.75 Å². The van der Waals surface area contributed by atoms with Gasteiger partial charge in [0.1, 0.15) is 11.3 Å². The number of halogens is 1. The summed E-state index contributed by atoms with van der Waals surface area (Å²) < 4.78 is 5.21. The lowest BCUT2D eigenvalue weighted by Crippen LogP contribution is -2.03. The van der Waals surface area contributed by atoms with Gasteiger partial charge in [-0.1, -0.05) is 48.0 Å². The Morgan fingerprint density at radius 2 is 1.74 bits per heavy atom. The maximum absolute atomic E-state index is 12.0. The van der Waals surface area contributed by atoms with Crippen LogP contribution in [-0.4, -0.2) is 5.11 Å². The monoisotopic (exact) mass is 272 g/mol. The van der Waals surface area contributed by atoms with Crippen molar-refractivity contribution in [1.82, 2.24) is 0 Å². The fourth-order valence-corrected chi connectivity index (χ4v) is 2.25. The molecular formula is C15H9ClO3. The Labute approximate surface area is 113 Å². The summed E-state index contributed by atoms with van der Waals surface area (Å²) in [6.45, 7) is 0. The minimum absolute atomic E-state index is 0.111. The maximum atomic E-state index is 12.0. The number of fused-ring (bicyclic) bond motifs is 1. The van der Waals surface area contributed by atoms with Crippen LogP contribution in [0.15, 0.2) is 57.7 Å². The molecule has 3 nitrogen and oxygen atoms in total. The van der Waals surface area contributed by atoms with Crippen LogP contribution >= 0.6 is 11.6 Å². The molecular weight excluding hydrogens is 264 g/mol. The fraction of sp³-hybridized carbons (Fsp3) is 0. The lowest BCUT2D eigenvalue weighted by atomic mass is 10.0. The van der Waals surface area contributed by atoms with Crippen molar-refractivity contribution in [1.29, 1.82) is 0 Å². The third-order valence-corrected chi connectivity index (χ3v) is 3.22. The molecule has 0 aliphatic heterocycles.